The van der Waals surface area contributed by atoms with Gasteiger partial charge in [-0.05, 0) is 140 Å². The highest BCUT2D eigenvalue weighted by Crippen LogP contribution is 2.41. The molecule has 0 aliphatic carbocycles. The van der Waals surface area contributed by atoms with Gasteiger partial charge in [0.1, 0.15) is 59.4 Å². The van der Waals surface area contributed by atoms with E-state index in [1.807, 2.05) is 6.07 Å². The van der Waals surface area contributed by atoms with Gasteiger partial charge in [0, 0.05) is 21.4 Å². The van der Waals surface area contributed by atoms with E-state index in [0.29, 0.717) is 62.1 Å². The van der Waals surface area contributed by atoms with Crippen LogP contribution in [0.1, 0.15) is 23.2 Å². The number of carbonyl (C=O) groups excluding carboxylic acids is 2. The zero-order valence-corrected chi connectivity index (χ0v) is 39.9. The van der Waals surface area contributed by atoms with Crippen molar-refractivity contribution in [3.8, 4) is 29.1 Å². The Morgan fingerprint density at radius 1 is 0.662 bits per heavy atom. The van der Waals surface area contributed by atoms with Crippen LogP contribution in [-0.2, 0) is 23.8 Å². The third-order valence-electron chi connectivity index (χ3n) is 9.72. The van der Waals surface area contributed by atoms with E-state index in [0.717, 1.165) is 6.26 Å². The Morgan fingerprint density at radius 2 is 1.04 bits per heavy atom. The van der Waals surface area contributed by atoms with Gasteiger partial charge in [0.15, 0.2) is 6.10 Å². The molecule has 8 rings (SSSR count). The van der Waals surface area contributed by atoms with E-state index in [1.54, 1.807) is 122 Å². The van der Waals surface area contributed by atoms with Gasteiger partial charge in [-0.2, -0.15) is 13.7 Å². The standard InChI is InChI=1S/C23H19ClFNO6S.C22H16Cl2FNO3.C3H6N2.ClH/c1-33(28,29)30-14-21-22(15-3-2-4-17(25)13-15)26(23(27)32-21)18-7-11-20(12-8-18)31-19-9-5-16(24)6-10-19;23-13-20-21(14-2-1-3-16(25)12-14)26(22(27)29-20)17-6-10-19(11-7-17)28-18-8-4-15(24)5-9-18;1-5-3-2-4;/h2-13,21-22H,14H2,1H3;1-12,20-21H,13H2;5H,3H2,1H3;1H/t21-,22-;20-,21-;;/m00../s1. The first kappa shape index (κ1) is 52.8. The number of rotatable bonds is 13. The molecule has 6 aromatic carbocycles. The number of benzene rings is 6. The average Bonchev–Trinajstić information content (AvgIpc) is 3.83. The summed E-state index contributed by atoms with van der Waals surface area (Å²) in [5.41, 5.74) is 2.10. The van der Waals surface area contributed by atoms with Crippen LogP contribution in [-0.4, -0.2) is 65.1 Å². The van der Waals surface area contributed by atoms with Crippen molar-refractivity contribution < 1.29 is 49.9 Å². The van der Waals surface area contributed by atoms with Crippen molar-refractivity contribution in [1.29, 1.82) is 5.26 Å². The van der Waals surface area contributed by atoms with Gasteiger partial charge in [-0.25, -0.2) is 18.4 Å². The number of alkyl halides is 1. The molecule has 13 nitrogen and oxygen atoms in total. The summed E-state index contributed by atoms with van der Waals surface area (Å²) in [7, 11) is -2.03. The number of ether oxygens (including phenoxy) is 4. The van der Waals surface area contributed by atoms with Crippen molar-refractivity contribution in [2.75, 3.05) is 42.1 Å². The van der Waals surface area contributed by atoms with Crippen LogP contribution in [0.25, 0.3) is 0 Å². The lowest BCUT2D eigenvalue weighted by molar-refractivity contribution is 0.0943. The number of anilines is 2. The summed E-state index contributed by atoms with van der Waals surface area (Å²) in [6, 6.07) is 39.8. The van der Waals surface area contributed by atoms with Crippen molar-refractivity contribution in [2.24, 2.45) is 0 Å². The topological polar surface area (TPSA) is 157 Å². The maximum atomic E-state index is 13.9. The van der Waals surface area contributed by atoms with Gasteiger partial charge in [0.25, 0.3) is 10.1 Å². The molecule has 20 heteroatoms. The number of nitrogens with zero attached hydrogens (tertiary/aromatic N) is 3. The first-order valence-electron chi connectivity index (χ1n) is 20.2. The smallest absolute Gasteiger partial charge is 0.415 e. The Bertz CT molecular complexity index is 2780. The average molecular weight is 1030 g/mol. The quantitative estimate of drug-likeness (QED) is 0.0667. The van der Waals surface area contributed by atoms with Gasteiger partial charge < -0.3 is 24.3 Å². The van der Waals surface area contributed by atoms with Crippen LogP contribution in [0.2, 0.25) is 10.0 Å². The van der Waals surface area contributed by atoms with Crippen molar-refractivity contribution in [3.05, 3.63) is 178 Å². The lowest BCUT2D eigenvalue weighted by Gasteiger charge is -2.25. The summed E-state index contributed by atoms with van der Waals surface area (Å²) in [6.45, 7) is 0.0417. The Hall–Kier alpha value is -6.16. The van der Waals surface area contributed by atoms with Gasteiger partial charge in [-0.15, -0.1) is 24.0 Å². The van der Waals surface area contributed by atoms with E-state index in [9.17, 15) is 26.8 Å². The van der Waals surface area contributed by atoms with Crippen LogP contribution in [0.5, 0.6) is 23.0 Å². The Balaban J connectivity index is 0.000000230. The fourth-order valence-corrected chi connectivity index (χ4v) is 7.70. The molecule has 356 valence electrons. The molecule has 1 N–H and O–H groups in total. The van der Waals surface area contributed by atoms with Gasteiger partial charge in [-0.1, -0.05) is 47.5 Å². The SMILES string of the molecule is CNCC#N.CS(=O)(=O)OC[C@@H]1OC(=O)N(c2ccc(Oc3ccc(Cl)cc3)cc2)[C@H]1c1cccc(F)c1.Cl.O=C1O[C@@H](CCl)[C@H](c2cccc(F)c2)N1c1ccc(Oc2ccc(Cl)cc2)cc1. The summed E-state index contributed by atoms with van der Waals surface area (Å²) in [6.07, 6.45) is -1.90. The molecule has 0 aromatic heterocycles. The molecule has 0 spiro atoms. The van der Waals surface area contributed by atoms with Crippen molar-refractivity contribution in [1.82, 2.24) is 5.32 Å². The number of nitriles is 1. The second kappa shape index (κ2) is 24.7. The van der Waals surface area contributed by atoms with Crippen LogP contribution in [0.3, 0.4) is 0 Å². The molecule has 2 amide bonds. The van der Waals surface area contributed by atoms with Crippen molar-refractivity contribution >= 4 is 80.9 Å². The maximum Gasteiger partial charge on any atom is 0.415 e. The van der Waals surface area contributed by atoms with E-state index in [4.69, 9.17) is 63.2 Å². The number of amides is 2. The van der Waals surface area contributed by atoms with E-state index in [1.165, 1.54) is 40.1 Å². The molecule has 2 aliphatic heterocycles. The monoisotopic (exact) mass is 1030 g/mol. The minimum Gasteiger partial charge on any atom is -0.457 e. The summed E-state index contributed by atoms with van der Waals surface area (Å²) < 4.78 is 77.9. The molecular formula is C48H42Cl4F2N4O9S. The third-order valence-corrected chi connectivity index (χ3v) is 11.1. The highest BCUT2D eigenvalue weighted by molar-refractivity contribution is 7.86. The lowest BCUT2D eigenvalue weighted by Crippen LogP contribution is -2.31. The second-order valence-corrected chi connectivity index (χ2v) is 17.3. The Kier molecular flexibility index (Phi) is 19.2. The number of cyclic esters (lactones) is 2. The second-order valence-electron chi connectivity index (χ2n) is 14.5. The predicted octanol–water partition coefficient (Wildman–Crippen LogP) is 12.0. The maximum absolute atomic E-state index is 13.9. The van der Waals surface area contributed by atoms with Crippen LogP contribution >= 0.6 is 47.2 Å². The molecule has 6 aromatic rings. The van der Waals surface area contributed by atoms with E-state index in [-0.39, 0.29) is 24.1 Å². The third kappa shape index (κ3) is 14.4. The molecule has 0 bridgehead atoms. The van der Waals surface area contributed by atoms with Crippen LogP contribution < -0.4 is 24.6 Å². The van der Waals surface area contributed by atoms with Gasteiger partial charge in [0.2, 0.25) is 0 Å². The van der Waals surface area contributed by atoms with Crippen molar-refractivity contribution in [2.45, 2.75) is 24.3 Å². The minimum absolute atomic E-state index is 0. The Labute approximate surface area is 413 Å². The number of carbonyl (C=O) groups is 2. The highest BCUT2D eigenvalue weighted by Gasteiger charge is 2.45. The first-order valence-corrected chi connectivity index (χ1v) is 23.3. The molecule has 0 unspecified atom stereocenters. The summed E-state index contributed by atoms with van der Waals surface area (Å²) in [5, 5.41) is 11.6. The molecule has 2 heterocycles. The predicted molar refractivity (Wildman–Crippen MR) is 258 cm³/mol. The van der Waals surface area contributed by atoms with Crippen LogP contribution in [0, 0.1) is 23.0 Å². The fraction of sp³-hybridized carbons (Fsp3) is 0.188. The van der Waals surface area contributed by atoms with Gasteiger partial charge >= 0.3 is 12.2 Å². The van der Waals surface area contributed by atoms with E-state index >= 15 is 0 Å². The molecule has 0 saturated carbocycles. The highest BCUT2D eigenvalue weighted by atomic mass is 35.5. The summed E-state index contributed by atoms with van der Waals surface area (Å²) in [5.74, 6) is 1.56. The first-order chi connectivity index (χ1) is 32.2. The van der Waals surface area contributed by atoms with Crippen molar-refractivity contribution in [3.63, 3.8) is 0 Å². The number of halogens is 6. The van der Waals surface area contributed by atoms with Crippen LogP contribution in [0.15, 0.2) is 146 Å². The fourth-order valence-electron chi connectivity index (χ4n) is 6.84. The molecular weight excluding hydrogens is 988 g/mol. The largest absolute Gasteiger partial charge is 0.457 e. The zero-order valence-electron chi connectivity index (χ0n) is 36.0. The molecule has 2 saturated heterocycles. The number of hydrogen-bond donors (Lipinski definition) is 1. The number of hydrogen-bond acceptors (Lipinski definition) is 11. The van der Waals surface area contributed by atoms with Crippen LogP contribution in [0.4, 0.5) is 29.7 Å². The molecule has 68 heavy (non-hydrogen) atoms. The van der Waals surface area contributed by atoms with E-state index < -0.39 is 59.0 Å². The molecule has 4 atom stereocenters. The summed E-state index contributed by atoms with van der Waals surface area (Å²) >= 11 is 17.8. The van der Waals surface area contributed by atoms with E-state index in [2.05, 4.69) is 5.32 Å². The summed E-state index contributed by atoms with van der Waals surface area (Å²) in [4.78, 5) is 28.1. The Morgan fingerprint density at radius 3 is 1.38 bits per heavy atom. The normalized spacial score (nSPS) is 17.3. The molecule has 2 fully saturated rings. The lowest BCUT2D eigenvalue weighted by atomic mass is 10.0. The number of nitrogens with one attached hydrogen (secondary N) is 1. The zero-order chi connectivity index (χ0) is 48.1. The minimum atomic E-state index is -3.77. The molecule has 2 aliphatic rings. The van der Waals surface area contributed by atoms with Gasteiger partial charge in [-0.3, -0.25) is 14.0 Å². The molecule has 0 radical (unpaired) electrons. The van der Waals surface area contributed by atoms with Gasteiger partial charge in [0.05, 0.1) is 24.7 Å².